The van der Waals surface area contributed by atoms with Gasteiger partial charge in [0.15, 0.2) is 11.6 Å². The molecular weight excluding hydrogens is 512 g/mol. The minimum absolute atomic E-state index is 0.0398. The van der Waals surface area contributed by atoms with Crippen molar-refractivity contribution in [1.29, 1.82) is 0 Å². The van der Waals surface area contributed by atoms with Crippen LogP contribution in [-0.4, -0.2) is 59.4 Å². The van der Waals surface area contributed by atoms with Crippen molar-refractivity contribution < 1.29 is 51.1 Å². The van der Waals surface area contributed by atoms with Crippen molar-refractivity contribution in [2.75, 3.05) is 19.5 Å². The molecule has 0 bridgehead atoms. The van der Waals surface area contributed by atoms with Crippen LogP contribution < -0.4 is 15.5 Å². The molecule has 14 heteroatoms. The molecule has 0 spiro atoms. The van der Waals surface area contributed by atoms with E-state index in [1.54, 1.807) is 0 Å². The van der Waals surface area contributed by atoms with Crippen molar-refractivity contribution in [3.8, 4) is 5.75 Å². The number of hydrogen-bond acceptors (Lipinski definition) is 7. The Labute approximate surface area is 207 Å². The average molecular weight is 533 g/mol. The highest BCUT2D eigenvalue weighted by atomic mass is 32.2. The molecule has 0 aromatic heterocycles. The SMILES string of the molecule is COC(=O)c1cc(NC(=O)[C@@H]2S[C@@](C)(C(F)(F)F)C[C@H]2c2ccc(F)c(F)c2OC)ccc1B(O)O. The lowest BCUT2D eigenvalue weighted by atomic mass is 9.77. The molecule has 3 rings (SSSR count). The zero-order valence-corrected chi connectivity index (χ0v) is 20.0. The summed E-state index contributed by atoms with van der Waals surface area (Å²) in [6.07, 6.45) is -5.35. The van der Waals surface area contributed by atoms with Crippen LogP contribution in [0.5, 0.6) is 5.75 Å². The van der Waals surface area contributed by atoms with Gasteiger partial charge in [0.05, 0.1) is 25.0 Å². The predicted molar refractivity (Wildman–Crippen MR) is 122 cm³/mol. The number of benzene rings is 2. The van der Waals surface area contributed by atoms with Crippen LogP contribution in [0.4, 0.5) is 27.6 Å². The van der Waals surface area contributed by atoms with Crippen LogP contribution in [0.2, 0.25) is 0 Å². The van der Waals surface area contributed by atoms with E-state index in [0.717, 1.165) is 45.4 Å². The van der Waals surface area contributed by atoms with Gasteiger partial charge >= 0.3 is 19.3 Å². The van der Waals surface area contributed by atoms with Crippen molar-refractivity contribution in [2.24, 2.45) is 0 Å². The van der Waals surface area contributed by atoms with Crippen LogP contribution in [-0.2, 0) is 9.53 Å². The molecule has 2 aromatic carbocycles. The first-order valence-electron chi connectivity index (χ1n) is 10.4. The predicted octanol–water partition coefficient (Wildman–Crippen LogP) is 2.99. The number of carbonyl (C=O) groups excluding carboxylic acids is 2. The molecule has 3 N–H and O–H groups in total. The maximum absolute atomic E-state index is 14.4. The van der Waals surface area contributed by atoms with Crippen molar-refractivity contribution in [3.63, 3.8) is 0 Å². The maximum Gasteiger partial charge on any atom is 0.489 e. The maximum atomic E-state index is 14.4. The number of hydrogen-bond donors (Lipinski definition) is 3. The lowest BCUT2D eigenvalue weighted by Gasteiger charge is -2.26. The molecule has 1 aliphatic heterocycles. The van der Waals surface area contributed by atoms with Crippen LogP contribution in [0.1, 0.15) is 35.2 Å². The molecule has 0 unspecified atom stereocenters. The van der Waals surface area contributed by atoms with E-state index in [1.165, 1.54) is 6.07 Å². The summed E-state index contributed by atoms with van der Waals surface area (Å²) < 4.78 is 77.0. The number of halogens is 5. The van der Waals surface area contributed by atoms with E-state index in [-0.39, 0.29) is 22.3 Å². The number of thioether (sulfide) groups is 1. The van der Waals surface area contributed by atoms with E-state index in [0.29, 0.717) is 11.8 Å². The molecule has 3 atom stereocenters. The van der Waals surface area contributed by atoms with Crippen molar-refractivity contribution in [1.82, 2.24) is 0 Å². The largest absolute Gasteiger partial charge is 0.493 e. The summed E-state index contributed by atoms with van der Waals surface area (Å²) in [5.41, 5.74) is -0.652. The van der Waals surface area contributed by atoms with Gasteiger partial charge in [-0.25, -0.2) is 9.18 Å². The van der Waals surface area contributed by atoms with Gasteiger partial charge < -0.3 is 24.8 Å². The number of methoxy groups -OCH3 is 2. The zero-order valence-electron chi connectivity index (χ0n) is 19.2. The molecule has 0 saturated carbocycles. The molecule has 2 aromatic rings. The number of nitrogens with one attached hydrogen (secondary N) is 1. The van der Waals surface area contributed by atoms with Crippen molar-refractivity contribution in [2.45, 2.75) is 35.4 Å². The lowest BCUT2D eigenvalue weighted by Crippen LogP contribution is -2.37. The third-order valence-electron chi connectivity index (χ3n) is 5.91. The first kappa shape index (κ1) is 27.7. The van der Waals surface area contributed by atoms with E-state index >= 15 is 0 Å². The number of anilines is 1. The Kier molecular flexibility index (Phi) is 7.91. The van der Waals surface area contributed by atoms with Crippen LogP contribution in [0.25, 0.3) is 0 Å². The number of esters is 1. The molecule has 0 aliphatic carbocycles. The van der Waals surface area contributed by atoms with Gasteiger partial charge in [-0.05, 0) is 37.0 Å². The average Bonchev–Trinajstić information content (AvgIpc) is 3.19. The highest BCUT2D eigenvalue weighted by Gasteiger charge is 2.60. The Morgan fingerprint density at radius 3 is 2.39 bits per heavy atom. The van der Waals surface area contributed by atoms with Gasteiger partial charge in [0, 0.05) is 17.2 Å². The number of alkyl halides is 3. The van der Waals surface area contributed by atoms with E-state index in [1.807, 2.05) is 0 Å². The minimum Gasteiger partial charge on any atom is -0.493 e. The van der Waals surface area contributed by atoms with Gasteiger partial charge in [-0.2, -0.15) is 17.6 Å². The number of amides is 1. The summed E-state index contributed by atoms with van der Waals surface area (Å²) in [6.45, 7) is 0.914. The monoisotopic (exact) mass is 533 g/mol. The molecule has 1 fully saturated rings. The van der Waals surface area contributed by atoms with Crippen LogP contribution in [0, 0.1) is 11.6 Å². The number of rotatable bonds is 6. The fourth-order valence-electron chi connectivity index (χ4n) is 4.03. The van der Waals surface area contributed by atoms with Crippen LogP contribution in [0.15, 0.2) is 30.3 Å². The molecule has 1 aliphatic rings. The molecule has 7 nitrogen and oxygen atoms in total. The fraction of sp³-hybridized carbons (Fsp3) is 0.364. The standard InChI is InChI=1S/C22H21BF5NO6S/c1-21(22(26,27)28)9-13(11-5-7-15(24)16(25)17(11)34-2)18(36-21)19(30)29-10-4-6-14(23(32)33)12(8-10)20(31)35-3/h4-8,13,18,32-33H,9H2,1-3H3,(H,29,30)/t13-,18+,21+/m0/s1. The quantitative estimate of drug-likeness (QED) is 0.298. The number of ether oxygens (including phenoxy) is 2. The summed E-state index contributed by atoms with van der Waals surface area (Å²) in [7, 11) is 0.0491. The Bertz CT molecular complexity index is 1180. The second-order valence-corrected chi connectivity index (χ2v) is 9.86. The number of carbonyl (C=O) groups is 2. The molecule has 0 radical (unpaired) electrons. The topological polar surface area (TPSA) is 105 Å². The third kappa shape index (κ3) is 5.16. The Balaban J connectivity index is 2.02. The summed E-state index contributed by atoms with van der Waals surface area (Å²) in [5, 5.41) is 19.9. The summed E-state index contributed by atoms with van der Waals surface area (Å²) >= 11 is 0.322. The third-order valence-corrected chi connectivity index (χ3v) is 7.62. The molecule has 1 heterocycles. The first-order valence-corrected chi connectivity index (χ1v) is 11.3. The Morgan fingerprint density at radius 2 is 1.83 bits per heavy atom. The second-order valence-electron chi connectivity index (χ2n) is 8.22. The van der Waals surface area contributed by atoms with Crippen LogP contribution >= 0.6 is 11.8 Å². The fourth-order valence-corrected chi connectivity index (χ4v) is 5.58. The van der Waals surface area contributed by atoms with E-state index in [4.69, 9.17) is 4.74 Å². The minimum atomic E-state index is -4.73. The van der Waals surface area contributed by atoms with Gasteiger partial charge in [-0.3, -0.25) is 4.79 Å². The van der Waals surface area contributed by atoms with Gasteiger partial charge in [0.25, 0.3) is 0 Å². The summed E-state index contributed by atoms with van der Waals surface area (Å²) in [4.78, 5) is 25.2. The summed E-state index contributed by atoms with van der Waals surface area (Å²) in [6, 6.07) is 5.25. The van der Waals surface area contributed by atoms with Gasteiger partial charge in [-0.15, -0.1) is 11.8 Å². The molecule has 1 amide bonds. The van der Waals surface area contributed by atoms with Crippen molar-refractivity contribution in [3.05, 3.63) is 53.1 Å². The zero-order chi connectivity index (χ0) is 27.0. The molecule has 36 heavy (non-hydrogen) atoms. The lowest BCUT2D eigenvalue weighted by molar-refractivity contribution is -0.155. The highest BCUT2D eigenvalue weighted by Crippen LogP contribution is 2.59. The molecular formula is C22H21BF5NO6S. The van der Waals surface area contributed by atoms with E-state index in [2.05, 4.69) is 10.1 Å². The molecule has 194 valence electrons. The Hall–Kier alpha value is -2.84. The second kappa shape index (κ2) is 10.3. The normalized spacial score (nSPS) is 21.7. The van der Waals surface area contributed by atoms with Gasteiger partial charge in [0.1, 0.15) is 4.75 Å². The van der Waals surface area contributed by atoms with Gasteiger partial charge in [-0.1, -0.05) is 12.1 Å². The van der Waals surface area contributed by atoms with E-state index < -0.39 is 64.9 Å². The smallest absolute Gasteiger partial charge is 0.489 e. The summed E-state index contributed by atoms with van der Waals surface area (Å²) in [5.74, 6) is -6.32. The first-order chi connectivity index (χ1) is 16.7. The molecule has 1 saturated heterocycles. The van der Waals surface area contributed by atoms with Crippen molar-refractivity contribution >= 4 is 41.9 Å². The van der Waals surface area contributed by atoms with E-state index in [9.17, 15) is 41.6 Å². The van der Waals surface area contributed by atoms with Crippen LogP contribution in [0.3, 0.4) is 0 Å². The highest BCUT2D eigenvalue weighted by molar-refractivity contribution is 8.02. The van der Waals surface area contributed by atoms with Gasteiger partial charge in [0.2, 0.25) is 11.7 Å². The Morgan fingerprint density at radius 1 is 1.17 bits per heavy atom.